The van der Waals surface area contributed by atoms with Gasteiger partial charge in [0.1, 0.15) is 5.54 Å². The highest BCUT2D eigenvalue weighted by Crippen LogP contribution is 2.54. The highest BCUT2D eigenvalue weighted by atomic mass is 16.2. The monoisotopic (exact) mass is 518 g/mol. The Hall–Kier alpha value is -4.56. The number of imide groups is 1. The van der Waals surface area contributed by atoms with Crippen LogP contribution in [-0.2, 0) is 26.3 Å². The second-order valence-electron chi connectivity index (χ2n) is 10.7. The average molecular weight is 519 g/mol. The highest BCUT2D eigenvalue weighted by molar-refractivity contribution is 6.26. The van der Waals surface area contributed by atoms with Crippen molar-refractivity contribution in [2.45, 2.75) is 31.8 Å². The molecule has 3 N–H and O–H groups in total. The molecule has 0 aliphatic carbocycles. The van der Waals surface area contributed by atoms with Crippen molar-refractivity contribution in [3.05, 3.63) is 95.2 Å². The maximum atomic E-state index is 14.2. The molecule has 3 aromatic carbocycles. The standard InChI is InChI=1S/C31H26N4O4/c1-16-7-12-24-22(13-16)31(30(39)33-24)27-26(25(34-31)14-19-15-32-23-6-4-3-5-21(19)23)28(37)35(29(27)38)20-10-8-18(9-11-20)17(2)36/h3-13,15,25-27,32,34H,14H2,1-2H3,(H,33,39)/t25-,26-,27+,31-/m1/s1. The molecule has 1 aromatic heterocycles. The van der Waals surface area contributed by atoms with Gasteiger partial charge >= 0.3 is 0 Å². The Morgan fingerprint density at radius 3 is 2.51 bits per heavy atom. The minimum absolute atomic E-state index is 0.103. The number of ketones is 1. The summed E-state index contributed by atoms with van der Waals surface area (Å²) in [7, 11) is 0. The second-order valence-corrected chi connectivity index (χ2v) is 10.7. The van der Waals surface area contributed by atoms with Gasteiger partial charge in [-0.1, -0.05) is 35.9 Å². The van der Waals surface area contributed by atoms with Crippen molar-refractivity contribution in [3.8, 4) is 0 Å². The van der Waals surface area contributed by atoms with Crippen LogP contribution in [-0.4, -0.2) is 34.5 Å². The summed E-state index contributed by atoms with van der Waals surface area (Å²) in [5.41, 5.74) is 3.80. The van der Waals surface area contributed by atoms with Crippen LogP contribution in [0.15, 0.2) is 72.9 Å². The molecular formula is C31H26N4O4. The van der Waals surface area contributed by atoms with Gasteiger partial charge < -0.3 is 10.3 Å². The number of amides is 3. The van der Waals surface area contributed by atoms with E-state index >= 15 is 0 Å². The van der Waals surface area contributed by atoms with Crippen LogP contribution in [0.25, 0.3) is 10.9 Å². The number of nitrogens with one attached hydrogen (secondary N) is 3. The van der Waals surface area contributed by atoms with Crippen LogP contribution in [0.4, 0.5) is 11.4 Å². The smallest absolute Gasteiger partial charge is 0.250 e. The van der Waals surface area contributed by atoms with Gasteiger partial charge in [-0.25, -0.2) is 4.90 Å². The summed E-state index contributed by atoms with van der Waals surface area (Å²) in [6.07, 6.45) is 2.39. The van der Waals surface area contributed by atoms with Crippen molar-refractivity contribution >= 4 is 45.8 Å². The topological polar surface area (TPSA) is 111 Å². The molecule has 0 radical (unpaired) electrons. The van der Waals surface area contributed by atoms with Crippen LogP contribution in [0.5, 0.6) is 0 Å². The third-order valence-corrected chi connectivity index (χ3v) is 8.52. The van der Waals surface area contributed by atoms with Crippen molar-refractivity contribution in [2.24, 2.45) is 11.8 Å². The van der Waals surface area contributed by atoms with Crippen LogP contribution < -0.4 is 15.5 Å². The zero-order chi connectivity index (χ0) is 27.1. The number of Topliss-reactive ketones (excluding diaryl/α,β-unsaturated/α-hetero) is 1. The second kappa shape index (κ2) is 8.22. The first-order valence-electron chi connectivity index (χ1n) is 13.0. The molecule has 3 aliphatic heterocycles. The number of aryl methyl sites for hydroxylation is 1. The molecule has 7 rings (SSSR count). The van der Waals surface area contributed by atoms with E-state index in [9.17, 15) is 19.2 Å². The molecule has 8 heteroatoms. The Balaban J connectivity index is 1.36. The van der Waals surface area contributed by atoms with E-state index in [0.717, 1.165) is 22.0 Å². The fourth-order valence-electron chi connectivity index (χ4n) is 6.73. The van der Waals surface area contributed by atoms with Gasteiger partial charge in [0.15, 0.2) is 5.78 Å². The predicted octanol–water partition coefficient (Wildman–Crippen LogP) is 3.85. The van der Waals surface area contributed by atoms with E-state index in [2.05, 4.69) is 15.6 Å². The van der Waals surface area contributed by atoms with E-state index in [1.165, 1.54) is 11.8 Å². The van der Waals surface area contributed by atoms with Gasteiger partial charge in [-0.3, -0.25) is 24.5 Å². The van der Waals surface area contributed by atoms with Crippen molar-refractivity contribution < 1.29 is 19.2 Å². The van der Waals surface area contributed by atoms with E-state index < -0.39 is 29.3 Å². The Bertz CT molecular complexity index is 1720. The number of para-hydroxylation sites is 1. The van der Waals surface area contributed by atoms with Gasteiger partial charge in [0.25, 0.3) is 0 Å². The summed E-state index contributed by atoms with van der Waals surface area (Å²) in [6, 6.07) is 19.6. The lowest BCUT2D eigenvalue weighted by molar-refractivity contribution is -0.130. The fraction of sp³-hybridized carbons (Fsp3) is 0.226. The summed E-state index contributed by atoms with van der Waals surface area (Å²) in [5.74, 6) is -2.86. The van der Waals surface area contributed by atoms with E-state index in [1.807, 2.05) is 55.6 Å². The number of anilines is 2. The first-order chi connectivity index (χ1) is 18.8. The molecule has 194 valence electrons. The molecule has 0 bridgehead atoms. The molecule has 2 fully saturated rings. The van der Waals surface area contributed by atoms with Crippen LogP contribution in [0.3, 0.4) is 0 Å². The maximum absolute atomic E-state index is 14.2. The third kappa shape index (κ3) is 3.21. The molecule has 1 spiro atoms. The SMILES string of the molecule is CC(=O)c1ccc(N2C(=O)[C@H]3[C@@H](C2=O)[C@@]2(N[C@@H]3Cc3c[nH]c4ccccc34)C(=O)Nc3ccc(C)cc32)cc1. The molecule has 4 atom stereocenters. The summed E-state index contributed by atoms with van der Waals surface area (Å²) in [6.45, 7) is 3.41. The molecule has 39 heavy (non-hydrogen) atoms. The molecular weight excluding hydrogens is 492 g/mol. The van der Waals surface area contributed by atoms with Crippen LogP contribution in [0.2, 0.25) is 0 Å². The normalized spacial score (nSPS) is 25.4. The van der Waals surface area contributed by atoms with Gasteiger partial charge in [-0.05, 0) is 62.2 Å². The number of hydrogen-bond acceptors (Lipinski definition) is 5. The summed E-state index contributed by atoms with van der Waals surface area (Å²) in [4.78, 5) is 58.4. The first-order valence-corrected chi connectivity index (χ1v) is 13.0. The summed E-state index contributed by atoms with van der Waals surface area (Å²) >= 11 is 0. The lowest BCUT2D eigenvalue weighted by Crippen LogP contribution is -2.53. The molecule has 0 saturated carbocycles. The third-order valence-electron chi connectivity index (χ3n) is 8.52. The molecule has 4 heterocycles. The van der Waals surface area contributed by atoms with Gasteiger partial charge in [0, 0.05) is 40.0 Å². The number of carbonyl (C=O) groups is 4. The lowest BCUT2D eigenvalue weighted by Gasteiger charge is -2.29. The minimum atomic E-state index is -1.37. The number of hydrogen-bond donors (Lipinski definition) is 3. The number of aromatic nitrogens is 1. The van der Waals surface area contributed by atoms with Gasteiger partial charge in [-0.15, -0.1) is 0 Å². The van der Waals surface area contributed by atoms with Crippen molar-refractivity contribution in [1.29, 1.82) is 0 Å². The van der Waals surface area contributed by atoms with E-state index in [-0.39, 0.29) is 17.6 Å². The summed E-state index contributed by atoms with van der Waals surface area (Å²) < 4.78 is 0. The maximum Gasteiger partial charge on any atom is 0.250 e. The van der Waals surface area contributed by atoms with Crippen molar-refractivity contribution in [3.63, 3.8) is 0 Å². The van der Waals surface area contributed by atoms with Gasteiger partial charge in [0.05, 0.1) is 17.5 Å². The quantitative estimate of drug-likeness (QED) is 0.281. The Labute approximate surface area is 224 Å². The Morgan fingerprint density at radius 1 is 0.974 bits per heavy atom. The van der Waals surface area contributed by atoms with Gasteiger partial charge in [0.2, 0.25) is 17.7 Å². The van der Waals surface area contributed by atoms with Crippen LogP contribution >= 0.6 is 0 Å². The van der Waals surface area contributed by atoms with Crippen molar-refractivity contribution in [2.75, 3.05) is 10.2 Å². The zero-order valence-electron chi connectivity index (χ0n) is 21.4. The number of H-pyrrole nitrogens is 1. The number of nitrogens with zero attached hydrogens (tertiary/aromatic N) is 1. The molecule has 4 aromatic rings. The van der Waals surface area contributed by atoms with Crippen LogP contribution in [0, 0.1) is 18.8 Å². The average Bonchev–Trinajstić information content (AvgIpc) is 3.63. The predicted molar refractivity (Wildman–Crippen MR) is 146 cm³/mol. The molecule has 2 saturated heterocycles. The number of rotatable bonds is 4. The summed E-state index contributed by atoms with van der Waals surface area (Å²) in [5, 5.41) is 7.52. The first kappa shape index (κ1) is 23.5. The molecule has 3 amide bonds. The number of carbonyl (C=O) groups excluding carboxylic acids is 4. The fourth-order valence-corrected chi connectivity index (χ4v) is 6.73. The van der Waals surface area contributed by atoms with E-state index in [0.29, 0.717) is 28.9 Å². The van der Waals surface area contributed by atoms with Crippen LogP contribution in [0.1, 0.15) is 34.0 Å². The van der Waals surface area contributed by atoms with Crippen molar-refractivity contribution in [1.82, 2.24) is 10.3 Å². The molecule has 8 nitrogen and oxygen atoms in total. The van der Waals surface area contributed by atoms with E-state index in [4.69, 9.17) is 0 Å². The minimum Gasteiger partial charge on any atom is -0.361 e. The Kier molecular flexibility index (Phi) is 4.96. The number of aromatic amines is 1. The highest BCUT2D eigenvalue weighted by Gasteiger charge is 2.70. The largest absolute Gasteiger partial charge is 0.361 e. The number of fused-ring (bicyclic) bond motifs is 5. The number of benzene rings is 3. The molecule has 0 unspecified atom stereocenters. The molecule has 3 aliphatic rings. The van der Waals surface area contributed by atoms with Gasteiger partial charge in [-0.2, -0.15) is 0 Å². The lowest BCUT2D eigenvalue weighted by atomic mass is 9.76. The van der Waals surface area contributed by atoms with E-state index in [1.54, 1.807) is 24.3 Å². The zero-order valence-corrected chi connectivity index (χ0v) is 21.4. The Morgan fingerprint density at radius 2 is 1.74 bits per heavy atom.